The summed E-state index contributed by atoms with van der Waals surface area (Å²) in [6.07, 6.45) is 1.16. The van der Waals surface area contributed by atoms with Gasteiger partial charge in [0.1, 0.15) is 0 Å². The van der Waals surface area contributed by atoms with Crippen molar-refractivity contribution >= 4 is 11.9 Å². The largest absolute Gasteiger partial charge is 0.481 e. The second-order valence-electron chi connectivity index (χ2n) is 6.51. The van der Waals surface area contributed by atoms with Gasteiger partial charge in [-0.2, -0.15) is 0 Å². The molecule has 0 spiro atoms. The van der Waals surface area contributed by atoms with E-state index in [1.807, 2.05) is 34.7 Å². The lowest BCUT2D eigenvalue weighted by Crippen LogP contribution is -2.60. The Bertz CT molecular complexity index is 330. The standard InChI is InChI=1S/C13H23NO4/c1-12(2)6-8(7-13(3,4)14(12)5)9(10(15)16)11(17)18/h8-9H,6-7H2,1-5H3,(H,15,16)(H,17,18). The number of aliphatic carboxylic acids is 2. The lowest BCUT2D eigenvalue weighted by Gasteiger charge is -2.54. The number of hydrogen-bond donors (Lipinski definition) is 2. The van der Waals surface area contributed by atoms with Crippen molar-refractivity contribution in [3.63, 3.8) is 0 Å². The number of rotatable bonds is 3. The minimum Gasteiger partial charge on any atom is -0.481 e. The zero-order chi connectivity index (χ0) is 14.3. The molecule has 5 heteroatoms. The van der Waals surface area contributed by atoms with Gasteiger partial charge in [0.25, 0.3) is 0 Å². The number of carboxylic acids is 2. The minimum atomic E-state index is -1.31. The Morgan fingerprint density at radius 2 is 1.39 bits per heavy atom. The van der Waals surface area contributed by atoms with Crippen LogP contribution in [0.1, 0.15) is 40.5 Å². The van der Waals surface area contributed by atoms with E-state index in [2.05, 4.69) is 4.90 Å². The fraction of sp³-hybridized carbons (Fsp3) is 0.846. The molecule has 0 amide bonds. The fourth-order valence-corrected chi connectivity index (χ4v) is 3.19. The Morgan fingerprint density at radius 3 is 1.67 bits per heavy atom. The molecular formula is C13H23NO4. The molecule has 1 saturated heterocycles. The normalized spacial score (nSPS) is 24.1. The van der Waals surface area contributed by atoms with Crippen molar-refractivity contribution < 1.29 is 19.8 Å². The van der Waals surface area contributed by atoms with Gasteiger partial charge < -0.3 is 10.2 Å². The predicted molar refractivity (Wildman–Crippen MR) is 67.4 cm³/mol. The number of piperidine rings is 1. The molecule has 1 rings (SSSR count). The van der Waals surface area contributed by atoms with Crippen LogP contribution in [0.3, 0.4) is 0 Å². The molecule has 0 atom stereocenters. The summed E-state index contributed by atoms with van der Waals surface area (Å²) in [5.41, 5.74) is -0.398. The number of nitrogens with zero attached hydrogens (tertiary/aromatic N) is 1. The number of likely N-dealkylation sites (tertiary alicyclic amines) is 1. The average molecular weight is 257 g/mol. The summed E-state index contributed by atoms with van der Waals surface area (Å²) in [4.78, 5) is 24.5. The highest BCUT2D eigenvalue weighted by Crippen LogP contribution is 2.43. The first kappa shape index (κ1) is 15.0. The van der Waals surface area contributed by atoms with Gasteiger partial charge in [0.15, 0.2) is 5.92 Å². The Morgan fingerprint density at radius 1 is 1.06 bits per heavy atom. The summed E-state index contributed by atoms with van der Waals surface area (Å²) < 4.78 is 0. The number of carbonyl (C=O) groups is 2. The van der Waals surface area contributed by atoms with Crippen molar-refractivity contribution in [3.05, 3.63) is 0 Å². The minimum absolute atomic E-state index is 0.199. The van der Waals surface area contributed by atoms with Crippen molar-refractivity contribution in [1.82, 2.24) is 4.90 Å². The molecule has 0 aromatic heterocycles. The van der Waals surface area contributed by atoms with Crippen molar-refractivity contribution in [2.24, 2.45) is 11.8 Å². The second kappa shape index (κ2) is 4.53. The van der Waals surface area contributed by atoms with Crippen LogP contribution in [-0.2, 0) is 9.59 Å². The van der Waals surface area contributed by atoms with Crippen molar-refractivity contribution in [2.75, 3.05) is 7.05 Å². The van der Waals surface area contributed by atoms with Crippen LogP contribution < -0.4 is 0 Å². The smallest absolute Gasteiger partial charge is 0.318 e. The Labute approximate surface area is 108 Å². The van der Waals surface area contributed by atoms with Crippen molar-refractivity contribution in [3.8, 4) is 0 Å². The molecule has 0 saturated carbocycles. The highest BCUT2D eigenvalue weighted by atomic mass is 16.4. The van der Waals surface area contributed by atoms with E-state index in [4.69, 9.17) is 10.2 Å². The van der Waals surface area contributed by atoms with Gasteiger partial charge in [0.05, 0.1) is 0 Å². The van der Waals surface area contributed by atoms with Gasteiger partial charge in [0.2, 0.25) is 0 Å². The Hall–Kier alpha value is -1.10. The van der Waals surface area contributed by atoms with Gasteiger partial charge >= 0.3 is 11.9 Å². The third kappa shape index (κ3) is 2.66. The Balaban J connectivity index is 3.05. The fourth-order valence-electron chi connectivity index (χ4n) is 3.19. The maximum Gasteiger partial charge on any atom is 0.318 e. The summed E-state index contributed by atoms with van der Waals surface area (Å²) in [6, 6.07) is 0. The first-order valence-corrected chi connectivity index (χ1v) is 6.18. The molecule has 5 nitrogen and oxygen atoms in total. The maximum atomic E-state index is 11.1. The quantitative estimate of drug-likeness (QED) is 0.752. The summed E-state index contributed by atoms with van der Waals surface area (Å²) in [6.45, 7) is 8.12. The highest BCUT2D eigenvalue weighted by molar-refractivity contribution is 5.93. The molecule has 1 heterocycles. The first-order chi connectivity index (χ1) is 7.99. The lowest BCUT2D eigenvalue weighted by atomic mass is 9.69. The monoisotopic (exact) mass is 257 g/mol. The van der Waals surface area contributed by atoms with Crippen LogP contribution in [0, 0.1) is 11.8 Å². The van der Waals surface area contributed by atoms with E-state index in [0.717, 1.165) is 0 Å². The van der Waals surface area contributed by atoms with E-state index >= 15 is 0 Å². The van der Waals surface area contributed by atoms with Crippen molar-refractivity contribution in [2.45, 2.75) is 51.6 Å². The molecule has 18 heavy (non-hydrogen) atoms. The zero-order valence-corrected chi connectivity index (χ0v) is 11.7. The maximum absolute atomic E-state index is 11.1. The molecule has 0 aliphatic carbocycles. The molecule has 0 aromatic rings. The topological polar surface area (TPSA) is 77.8 Å². The van der Waals surface area contributed by atoms with E-state index in [9.17, 15) is 9.59 Å². The molecule has 0 aromatic carbocycles. The molecule has 1 aliphatic rings. The van der Waals surface area contributed by atoms with Crippen LogP contribution in [0.15, 0.2) is 0 Å². The van der Waals surface area contributed by atoms with Crippen molar-refractivity contribution in [1.29, 1.82) is 0 Å². The molecule has 1 fully saturated rings. The lowest BCUT2D eigenvalue weighted by molar-refractivity contribution is -0.161. The number of carboxylic acid groups (broad SMARTS) is 2. The van der Waals surface area contributed by atoms with Gasteiger partial charge in [-0.3, -0.25) is 14.5 Å². The van der Waals surface area contributed by atoms with Crippen LogP contribution in [0.25, 0.3) is 0 Å². The molecule has 0 unspecified atom stereocenters. The third-order valence-corrected chi connectivity index (χ3v) is 4.34. The molecule has 2 N–H and O–H groups in total. The summed E-state index contributed by atoms with van der Waals surface area (Å²) in [7, 11) is 2.01. The van der Waals surface area contributed by atoms with E-state index in [-0.39, 0.29) is 17.0 Å². The van der Waals surface area contributed by atoms with E-state index < -0.39 is 17.9 Å². The van der Waals surface area contributed by atoms with E-state index in [0.29, 0.717) is 12.8 Å². The average Bonchev–Trinajstić information content (AvgIpc) is 2.11. The molecule has 0 bridgehead atoms. The number of hydrogen-bond acceptors (Lipinski definition) is 3. The van der Waals surface area contributed by atoms with Gasteiger partial charge in [-0.05, 0) is 53.5 Å². The Kier molecular flexibility index (Phi) is 3.77. The summed E-state index contributed by atoms with van der Waals surface area (Å²) in [5, 5.41) is 18.2. The second-order valence-corrected chi connectivity index (χ2v) is 6.51. The summed E-state index contributed by atoms with van der Waals surface area (Å²) >= 11 is 0. The highest BCUT2D eigenvalue weighted by Gasteiger charge is 2.48. The zero-order valence-electron chi connectivity index (χ0n) is 11.7. The first-order valence-electron chi connectivity index (χ1n) is 6.18. The van der Waals surface area contributed by atoms with Gasteiger partial charge in [-0.25, -0.2) is 0 Å². The van der Waals surface area contributed by atoms with Gasteiger partial charge in [0, 0.05) is 11.1 Å². The molecule has 1 aliphatic heterocycles. The molecule has 0 radical (unpaired) electrons. The van der Waals surface area contributed by atoms with Crippen LogP contribution in [0.5, 0.6) is 0 Å². The molecule has 104 valence electrons. The van der Waals surface area contributed by atoms with Crippen LogP contribution in [0.2, 0.25) is 0 Å². The van der Waals surface area contributed by atoms with Crippen LogP contribution in [0.4, 0.5) is 0 Å². The van der Waals surface area contributed by atoms with Gasteiger partial charge in [-0.1, -0.05) is 0 Å². The van der Waals surface area contributed by atoms with Crippen LogP contribution >= 0.6 is 0 Å². The van der Waals surface area contributed by atoms with Gasteiger partial charge in [-0.15, -0.1) is 0 Å². The van der Waals surface area contributed by atoms with Crippen LogP contribution in [-0.4, -0.2) is 45.2 Å². The summed E-state index contributed by atoms with van der Waals surface area (Å²) in [5.74, 6) is -4.11. The molecular weight excluding hydrogens is 234 g/mol. The SMILES string of the molecule is CN1C(C)(C)CC(C(C(=O)O)C(=O)O)CC1(C)C. The third-order valence-electron chi connectivity index (χ3n) is 4.34. The van der Waals surface area contributed by atoms with E-state index in [1.165, 1.54) is 0 Å². The van der Waals surface area contributed by atoms with E-state index in [1.54, 1.807) is 0 Å². The predicted octanol–water partition coefficient (Wildman–Crippen LogP) is 1.67.